The van der Waals surface area contributed by atoms with Gasteiger partial charge in [-0.1, -0.05) is 459 Å². The molecule has 0 aromatic carbocycles. The Morgan fingerprint density at radius 3 is 0.667 bits per heavy atom. The van der Waals surface area contributed by atoms with Crippen molar-refractivity contribution in [1.29, 1.82) is 0 Å². The second kappa shape index (κ2) is 84.7. The summed E-state index contributed by atoms with van der Waals surface area (Å²) in [6, 6.07) is 0. The summed E-state index contributed by atoms with van der Waals surface area (Å²) in [6.45, 7) is 12.2. The highest BCUT2D eigenvalue weighted by Gasteiger charge is 2.31. The molecule has 7 atom stereocenters. The van der Waals surface area contributed by atoms with Crippen molar-refractivity contribution in [2.24, 2.45) is 17.8 Å². The molecule has 114 heavy (non-hydrogen) atoms. The second-order valence-corrected chi connectivity index (χ2v) is 38.0. The number of ether oxygens (including phenoxy) is 4. The molecule has 0 aliphatic heterocycles. The summed E-state index contributed by atoms with van der Waals surface area (Å²) in [7, 11) is -9.94. The fraction of sp³-hybridized carbons (Fsp3) is 0.958. The van der Waals surface area contributed by atoms with Gasteiger partial charge in [-0.3, -0.25) is 37.3 Å². The van der Waals surface area contributed by atoms with E-state index in [1.54, 1.807) is 0 Å². The van der Waals surface area contributed by atoms with E-state index in [4.69, 9.17) is 37.0 Å². The van der Waals surface area contributed by atoms with Crippen LogP contribution >= 0.6 is 15.6 Å². The molecule has 17 nitrogen and oxygen atoms in total. The molecule has 0 saturated carbocycles. The van der Waals surface area contributed by atoms with Crippen molar-refractivity contribution in [3.63, 3.8) is 0 Å². The van der Waals surface area contributed by atoms with Crippen LogP contribution in [0.5, 0.6) is 0 Å². The predicted octanol–water partition coefficient (Wildman–Crippen LogP) is 29.6. The molecule has 0 aliphatic carbocycles. The molecule has 0 heterocycles. The molecule has 19 heteroatoms. The molecule has 0 aromatic heterocycles. The van der Waals surface area contributed by atoms with Gasteiger partial charge in [0.05, 0.1) is 26.4 Å². The summed E-state index contributed by atoms with van der Waals surface area (Å²) in [4.78, 5) is 73.6. The van der Waals surface area contributed by atoms with Gasteiger partial charge >= 0.3 is 39.5 Å². The molecule has 4 unspecified atom stereocenters. The van der Waals surface area contributed by atoms with E-state index in [0.717, 1.165) is 108 Å². The third-order valence-electron chi connectivity index (χ3n) is 23.1. The van der Waals surface area contributed by atoms with E-state index in [1.165, 1.54) is 321 Å². The summed E-state index contributed by atoms with van der Waals surface area (Å²) in [6.07, 6.45) is 79.1. The first-order chi connectivity index (χ1) is 55.3. The van der Waals surface area contributed by atoms with Crippen LogP contribution in [0.3, 0.4) is 0 Å². The highest BCUT2D eigenvalue weighted by molar-refractivity contribution is 7.47. The zero-order valence-electron chi connectivity index (χ0n) is 75.6. The maximum atomic E-state index is 13.2. The fourth-order valence-corrected chi connectivity index (χ4v) is 16.5. The Bertz CT molecular complexity index is 2190. The molecule has 0 fully saturated rings. The Kier molecular flexibility index (Phi) is 83.2. The molecule has 678 valence electrons. The number of carbonyl (C=O) groups excluding carboxylic acids is 4. The monoisotopic (exact) mass is 1660 g/mol. The largest absolute Gasteiger partial charge is 0.472 e. The van der Waals surface area contributed by atoms with Gasteiger partial charge < -0.3 is 33.8 Å². The predicted molar refractivity (Wildman–Crippen MR) is 474 cm³/mol. The number of hydrogen-bond donors (Lipinski definition) is 3. The summed E-state index contributed by atoms with van der Waals surface area (Å²) < 4.78 is 69.2. The van der Waals surface area contributed by atoms with Crippen LogP contribution in [0.4, 0.5) is 0 Å². The normalized spacial score (nSPS) is 14.2. The summed E-state index contributed by atoms with van der Waals surface area (Å²) in [5.41, 5.74) is 0. The highest BCUT2D eigenvalue weighted by atomic mass is 31.2. The number of hydrogen-bond acceptors (Lipinski definition) is 15. The Morgan fingerprint density at radius 1 is 0.254 bits per heavy atom. The molecule has 0 saturated heterocycles. The second-order valence-electron chi connectivity index (χ2n) is 35.1. The number of rotatable bonds is 93. The van der Waals surface area contributed by atoms with E-state index < -0.39 is 97.5 Å². The lowest BCUT2D eigenvalue weighted by atomic mass is 9.99. The van der Waals surface area contributed by atoms with E-state index >= 15 is 0 Å². The number of aliphatic hydroxyl groups excluding tert-OH is 1. The van der Waals surface area contributed by atoms with E-state index in [0.29, 0.717) is 25.7 Å². The van der Waals surface area contributed by atoms with E-state index in [-0.39, 0.29) is 25.7 Å². The van der Waals surface area contributed by atoms with Gasteiger partial charge in [-0.25, -0.2) is 9.13 Å². The first-order valence-electron chi connectivity index (χ1n) is 48.9. The first-order valence-corrected chi connectivity index (χ1v) is 51.9. The van der Waals surface area contributed by atoms with Crippen LogP contribution in [-0.2, 0) is 65.4 Å². The minimum absolute atomic E-state index is 0.108. The van der Waals surface area contributed by atoms with Crippen molar-refractivity contribution >= 4 is 39.5 Å². The minimum atomic E-state index is -4.97. The third-order valence-corrected chi connectivity index (χ3v) is 25.0. The Balaban J connectivity index is 5.26. The average molecular weight is 1660 g/mol. The van der Waals surface area contributed by atoms with Crippen LogP contribution in [0.15, 0.2) is 0 Å². The molecule has 0 rings (SSSR count). The van der Waals surface area contributed by atoms with Crippen molar-refractivity contribution < 1.29 is 80.2 Å². The fourth-order valence-electron chi connectivity index (χ4n) is 14.9. The molecule has 3 N–H and O–H groups in total. The van der Waals surface area contributed by atoms with Crippen molar-refractivity contribution in [2.45, 2.75) is 529 Å². The zero-order valence-corrected chi connectivity index (χ0v) is 77.4. The molecule has 0 radical (unpaired) electrons. The van der Waals surface area contributed by atoms with Gasteiger partial charge in [0.1, 0.15) is 19.3 Å². The molecular formula is C95H186O17P2. The molecule has 0 aromatic rings. The lowest BCUT2D eigenvalue weighted by molar-refractivity contribution is -0.161. The van der Waals surface area contributed by atoms with E-state index in [9.17, 15) is 43.2 Å². The van der Waals surface area contributed by atoms with Crippen LogP contribution < -0.4 is 0 Å². The van der Waals surface area contributed by atoms with Gasteiger partial charge in [-0.05, 0) is 43.4 Å². The highest BCUT2D eigenvalue weighted by Crippen LogP contribution is 2.45. The third kappa shape index (κ3) is 85.1. The number of aliphatic hydroxyl groups is 1. The maximum absolute atomic E-state index is 13.2. The van der Waals surface area contributed by atoms with E-state index in [1.807, 2.05) is 0 Å². The van der Waals surface area contributed by atoms with Crippen molar-refractivity contribution in [2.75, 3.05) is 39.6 Å². The number of phosphoric ester groups is 2. The molecule has 0 aliphatic rings. The lowest BCUT2D eigenvalue weighted by Crippen LogP contribution is -2.30. The van der Waals surface area contributed by atoms with Gasteiger partial charge in [0, 0.05) is 25.7 Å². The maximum Gasteiger partial charge on any atom is 0.472 e. The van der Waals surface area contributed by atoms with Gasteiger partial charge in [0.15, 0.2) is 12.2 Å². The smallest absolute Gasteiger partial charge is 0.462 e. The average Bonchev–Trinajstić information content (AvgIpc) is 0.884. The van der Waals surface area contributed by atoms with Crippen molar-refractivity contribution in [1.82, 2.24) is 0 Å². The number of esters is 4. The topological polar surface area (TPSA) is 237 Å². The van der Waals surface area contributed by atoms with Gasteiger partial charge in [0.25, 0.3) is 0 Å². The standard InChI is InChI=1S/C95H186O17P2/c1-8-11-12-13-14-15-16-31-41-48-55-62-69-76-92(97)105-82-90(112-95(100)79-72-65-58-51-44-37-30-29-34-40-47-54-61-68-75-88(7)10-3)84-109-113(101,102)107-80-89(96)81-108-114(103,104)110-85-91(83-106-93(98)77-70-63-56-49-42-35-27-23-19-17-21-25-32-38-45-52-59-66-73-86(4)5)111-94(99)78-71-64-57-50-43-36-28-24-20-18-22-26-33-39-46-53-60-67-74-87(6)9-2/h86-91,96H,8-85H2,1-7H3,(H,101,102)(H,103,104)/t87?,88?,89-,90+,91+/m0/s1. The van der Waals surface area contributed by atoms with Gasteiger partial charge in [0.2, 0.25) is 0 Å². The van der Waals surface area contributed by atoms with Gasteiger partial charge in [-0.15, -0.1) is 0 Å². The van der Waals surface area contributed by atoms with Gasteiger partial charge in [-0.2, -0.15) is 0 Å². The molecule has 0 bridgehead atoms. The SMILES string of the molecule is CCCCCCCCCCCCCCCC(=O)OC[C@H](COP(=O)(O)OC[C@H](O)COP(=O)(O)OC[C@@H](COC(=O)CCCCCCCCCCCCCCCCCCCCC(C)C)OC(=O)CCCCCCCCCCCCCCCCCCCCC(C)CC)OC(=O)CCCCCCCCCCCCCCCCC(C)CC. The van der Waals surface area contributed by atoms with Crippen molar-refractivity contribution in [3.8, 4) is 0 Å². The van der Waals surface area contributed by atoms with Crippen LogP contribution in [0.2, 0.25) is 0 Å². The number of carbonyl (C=O) groups is 4. The van der Waals surface area contributed by atoms with Crippen LogP contribution in [0, 0.1) is 17.8 Å². The number of unbranched alkanes of at least 4 members (excludes halogenated alkanes) is 59. The van der Waals surface area contributed by atoms with E-state index in [2.05, 4.69) is 48.5 Å². The Hall–Kier alpha value is -1.94. The first kappa shape index (κ1) is 112. The summed E-state index contributed by atoms with van der Waals surface area (Å²) in [5.74, 6) is 0.448. The summed E-state index contributed by atoms with van der Waals surface area (Å²) in [5, 5.41) is 10.7. The molecular weight excluding hydrogens is 1470 g/mol. The van der Waals surface area contributed by atoms with Crippen molar-refractivity contribution in [3.05, 3.63) is 0 Å². The van der Waals surface area contributed by atoms with Crippen LogP contribution in [-0.4, -0.2) is 96.7 Å². The lowest BCUT2D eigenvalue weighted by Gasteiger charge is -2.21. The van der Waals surface area contributed by atoms with Crippen LogP contribution in [0.25, 0.3) is 0 Å². The Labute approximate surface area is 702 Å². The molecule has 0 amide bonds. The number of phosphoric acid groups is 2. The Morgan fingerprint density at radius 2 is 0.447 bits per heavy atom. The summed E-state index contributed by atoms with van der Waals surface area (Å²) >= 11 is 0. The van der Waals surface area contributed by atoms with Crippen LogP contribution in [0.1, 0.15) is 511 Å². The quantitative estimate of drug-likeness (QED) is 0.0222. The zero-order chi connectivity index (χ0) is 83.6. The molecule has 0 spiro atoms. The minimum Gasteiger partial charge on any atom is -0.462 e.